The topological polar surface area (TPSA) is 85.2 Å². The van der Waals surface area contributed by atoms with Crippen molar-refractivity contribution in [3.05, 3.63) is 0 Å². The molecule has 1 rings (SSSR count). The Morgan fingerprint density at radius 1 is 1.19 bits per heavy atom. The highest BCUT2D eigenvalue weighted by atomic mass is 28.4. The van der Waals surface area contributed by atoms with E-state index in [4.69, 9.17) is 13.9 Å². The first kappa shape index (κ1) is 18.6. The standard InChI is InChI=1S/C14H28O6Si/c1-8-11(20-21(6,7)14(3,4)5)10(16)12(13(17)18-8)19-9(2)15/h8,10-13,16-17H,1-7H3/t8-,10-,11-,12-,13+/m1/s1. The maximum absolute atomic E-state index is 11.1. The van der Waals surface area contributed by atoms with Gasteiger partial charge < -0.3 is 24.1 Å². The van der Waals surface area contributed by atoms with E-state index in [-0.39, 0.29) is 5.04 Å². The Morgan fingerprint density at radius 2 is 1.71 bits per heavy atom. The molecule has 1 aliphatic heterocycles. The Labute approximate surface area is 127 Å². The quantitative estimate of drug-likeness (QED) is 0.604. The first-order valence-electron chi connectivity index (χ1n) is 7.23. The zero-order valence-electron chi connectivity index (χ0n) is 13.9. The number of aliphatic hydroxyl groups is 2. The Balaban J connectivity index is 2.92. The molecule has 21 heavy (non-hydrogen) atoms. The van der Waals surface area contributed by atoms with Crippen molar-refractivity contribution in [1.29, 1.82) is 0 Å². The fourth-order valence-electron chi connectivity index (χ4n) is 2.01. The van der Waals surface area contributed by atoms with Crippen LogP contribution in [0.5, 0.6) is 0 Å². The van der Waals surface area contributed by atoms with Crippen LogP contribution in [0.25, 0.3) is 0 Å². The van der Waals surface area contributed by atoms with Gasteiger partial charge in [-0.3, -0.25) is 4.79 Å². The molecule has 124 valence electrons. The molecule has 1 heterocycles. The number of rotatable bonds is 3. The third-order valence-corrected chi connectivity index (χ3v) is 8.78. The fraction of sp³-hybridized carbons (Fsp3) is 0.929. The molecule has 6 nitrogen and oxygen atoms in total. The third-order valence-electron chi connectivity index (χ3n) is 4.31. The molecular weight excluding hydrogens is 292 g/mol. The summed E-state index contributed by atoms with van der Waals surface area (Å²) in [5.74, 6) is -0.581. The van der Waals surface area contributed by atoms with Crippen molar-refractivity contribution in [2.45, 2.75) is 83.5 Å². The predicted molar refractivity (Wildman–Crippen MR) is 80.2 cm³/mol. The van der Waals surface area contributed by atoms with Crippen molar-refractivity contribution in [3.63, 3.8) is 0 Å². The van der Waals surface area contributed by atoms with Crippen LogP contribution in [0.1, 0.15) is 34.6 Å². The summed E-state index contributed by atoms with van der Waals surface area (Å²) in [4.78, 5) is 11.1. The van der Waals surface area contributed by atoms with Gasteiger partial charge in [0, 0.05) is 6.92 Å². The zero-order valence-corrected chi connectivity index (χ0v) is 14.9. The molecule has 0 bridgehead atoms. The summed E-state index contributed by atoms with van der Waals surface area (Å²) in [5.41, 5.74) is 0. The van der Waals surface area contributed by atoms with E-state index >= 15 is 0 Å². The van der Waals surface area contributed by atoms with Gasteiger partial charge in [-0.25, -0.2) is 0 Å². The molecule has 0 aromatic heterocycles. The lowest BCUT2D eigenvalue weighted by atomic mass is 10.00. The summed E-state index contributed by atoms with van der Waals surface area (Å²) in [5, 5.41) is 20.2. The van der Waals surface area contributed by atoms with Gasteiger partial charge in [-0.1, -0.05) is 20.8 Å². The van der Waals surface area contributed by atoms with Crippen molar-refractivity contribution in [1.82, 2.24) is 0 Å². The molecule has 5 atom stereocenters. The molecule has 0 spiro atoms. The van der Waals surface area contributed by atoms with E-state index in [1.807, 2.05) is 0 Å². The van der Waals surface area contributed by atoms with E-state index in [2.05, 4.69) is 33.9 Å². The average molecular weight is 320 g/mol. The highest BCUT2D eigenvalue weighted by molar-refractivity contribution is 6.74. The van der Waals surface area contributed by atoms with E-state index in [0.29, 0.717) is 0 Å². The van der Waals surface area contributed by atoms with E-state index < -0.39 is 45.0 Å². The average Bonchev–Trinajstić information content (AvgIpc) is 2.28. The number of esters is 1. The SMILES string of the molecule is CC(=O)O[C@@H]1[C@H](O)[C@H](O[Si](C)(C)C(C)(C)C)[C@@H](C)O[C@@H]1O. The largest absolute Gasteiger partial charge is 0.454 e. The Kier molecular flexibility index (Phi) is 5.60. The van der Waals surface area contributed by atoms with Crippen LogP contribution in [0.4, 0.5) is 0 Å². The molecule has 1 saturated heterocycles. The Bertz CT molecular complexity index is 378. The van der Waals surface area contributed by atoms with Crippen molar-refractivity contribution in [3.8, 4) is 0 Å². The first-order chi connectivity index (χ1) is 9.36. The minimum absolute atomic E-state index is 0.0283. The number of hydrogen-bond acceptors (Lipinski definition) is 6. The van der Waals surface area contributed by atoms with Gasteiger partial charge in [0.1, 0.15) is 12.2 Å². The molecule has 1 fully saturated rings. The smallest absolute Gasteiger partial charge is 0.303 e. The number of carbonyl (C=O) groups is 1. The van der Waals surface area contributed by atoms with Crippen molar-refractivity contribution < 1.29 is 28.9 Å². The second-order valence-electron chi connectivity index (χ2n) is 7.14. The van der Waals surface area contributed by atoms with Gasteiger partial charge in [-0.15, -0.1) is 0 Å². The highest BCUT2D eigenvalue weighted by Crippen LogP contribution is 2.39. The fourth-order valence-corrected chi connectivity index (χ4v) is 3.38. The van der Waals surface area contributed by atoms with Crippen LogP contribution in [0, 0.1) is 0 Å². The summed E-state index contributed by atoms with van der Waals surface area (Å²) < 4.78 is 16.5. The summed E-state index contributed by atoms with van der Waals surface area (Å²) in [6.07, 6.45) is -4.73. The molecule has 2 N–H and O–H groups in total. The Hall–Kier alpha value is -0.473. The van der Waals surface area contributed by atoms with Gasteiger partial charge in [0.2, 0.25) is 0 Å². The lowest BCUT2D eigenvalue weighted by molar-refractivity contribution is -0.279. The number of carbonyl (C=O) groups excluding carboxylic acids is 1. The Morgan fingerprint density at radius 3 is 2.14 bits per heavy atom. The van der Waals surface area contributed by atoms with Crippen molar-refractivity contribution >= 4 is 14.3 Å². The molecule has 0 aromatic rings. The van der Waals surface area contributed by atoms with Crippen LogP contribution in [0.3, 0.4) is 0 Å². The van der Waals surface area contributed by atoms with E-state index in [1.54, 1.807) is 6.92 Å². The van der Waals surface area contributed by atoms with Gasteiger partial charge in [0.25, 0.3) is 0 Å². The van der Waals surface area contributed by atoms with E-state index in [1.165, 1.54) is 6.92 Å². The molecule has 0 saturated carbocycles. The maximum Gasteiger partial charge on any atom is 0.303 e. The third kappa shape index (κ3) is 4.26. The summed E-state index contributed by atoms with van der Waals surface area (Å²) in [6, 6.07) is 0. The summed E-state index contributed by atoms with van der Waals surface area (Å²) in [7, 11) is -2.13. The molecule has 7 heteroatoms. The lowest BCUT2D eigenvalue weighted by Gasteiger charge is -2.46. The highest BCUT2D eigenvalue weighted by Gasteiger charge is 2.49. The van der Waals surface area contributed by atoms with Crippen LogP contribution >= 0.6 is 0 Å². The molecule has 0 aliphatic carbocycles. The molecule has 0 radical (unpaired) electrons. The van der Waals surface area contributed by atoms with Crippen LogP contribution in [-0.4, -0.2) is 55.2 Å². The van der Waals surface area contributed by atoms with Crippen LogP contribution in [0.2, 0.25) is 18.1 Å². The number of aliphatic hydroxyl groups excluding tert-OH is 2. The molecule has 0 amide bonds. The predicted octanol–water partition coefficient (Wildman–Crippen LogP) is 1.41. The summed E-state index contributed by atoms with van der Waals surface area (Å²) >= 11 is 0. The second kappa shape index (κ2) is 6.34. The van der Waals surface area contributed by atoms with Crippen molar-refractivity contribution in [2.24, 2.45) is 0 Å². The molecule has 0 aromatic carbocycles. The monoisotopic (exact) mass is 320 g/mol. The van der Waals surface area contributed by atoms with Gasteiger partial charge in [0.15, 0.2) is 20.7 Å². The summed E-state index contributed by atoms with van der Waals surface area (Å²) in [6.45, 7) is 13.4. The maximum atomic E-state index is 11.1. The van der Waals surface area contributed by atoms with Crippen LogP contribution < -0.4 is 0 Å². The van der Waals surface area contributed by atoms with Crippen LogP contribution in [0.15, 0.2) is 0 Å². The minimum atomic E-state index is -2.13. The normalized spacial score (nSPS) is 34.6. The molecule has 1 aliphatic rings. The molecular formula is C14H28O6Si. The van der Waals surface area contributed by atoms with Gasteiger partial charge in [-0.2, -0.15) is 0 Å². The molecule has 0 unspecified atom stereocenters. The van der Waals surface area contributed by atoms with Gasteiger partial charge in [0.05, 0.1) is 6.10 Å². The number of hydrogen-bond donors (Lipinski definition) is 2. The lowest BCUT2D eigenvalue weighted by Crippen LogP contribution is -2.61. The van der Waals surface area contributed by atoms with Crippen LogP contribution in [-0.2, 0) is 18.7 Å². The zero-order chi connectivity index (χ0) is 16.6. The van der Waals surface area contributed by atoms with Gasteiger partial charge >= 0.3 is 5.97 Å². The number of ether oxygens (including phenoxy) is 2. The minimum Gasteiger partial charge on any atom is -0.454 e. The second-order valence-corrected chi connectivity index (χ2v) is 11.9. The van der Waals surface area contributed by atoms with Gasteiger partial charge in [-0.05, 0) is 25.1 Å². The van der Waals surface area contributed by atoms with Crippen molar-refractivity contribution in [2.75, 3.05) is 0 Å². The first-order valence-corrected chi connectivity index (χ1v) is 10.1. The van der Waals surface area contributed by atoms with E-state index in [9.17, 15) is 15.0 Å². The van der Waals surface area contributed by atoms with E-state index in [0.717, 1.165) is 0 Å².